The summed E-state index contributed by atoms with van der Waals surface area (Å²) in [6.45, 7) is 4.44. The van der Waals surface area contributed by atoms with Crippen molar-refractivity contribution < 1.29 is 9.90 Å². The van der Waals surface area contributed by atoms with Crippen LogP contribution in [0.3, 0.4) is 0 Å². The Kier molecular flexibility index (Phi) is 5.38. The molecule has 1 unspecified atom stereocenters. The second-order valence-electron chi connectivity index (χ2n) is 7.50. The quantitative estimate of drug-likeness (QED) is 0.683. The van der Waals surface area contributed by atoms with Crippen LogP contribution in [0.15, 0.2) is 48.5 Å². The average Bonchev–Trinajstić information content (AvgIpc) is 3.05. The zero-order chi connectivity index (χ0) is 19.7. The van der Waals surface area contributed by atoms with E-state index in [1.807, 2.05) is 36.4 Å². The highest BCUT2D eigenvalue weighted by Gasteiger charge is 2.29. The van der Waals surface area contributed by atoms with Crippen LogP contribution in [0, 0.1) is 5.92 Å². The molecule has 0 amide bonds. The maximum Gasteiger partial charge on any atom is 0.306 e. The fraction of sp³-hybridized carbons (Fsp3) is 0.364. The van der Waals surface area contributed by atoms with Gasteiger partial charge in [-0.15, -0.1) is 0 Å². The third-order valence-corrected chi connectivity index (χ3v) is 5.96. The van der Waals surface area contributed by atoms with Crippen LogP contribution in [0.5, 0.6) is 0 Å². The standard InChI is InChI=1S/C22H24ClN3O2/c1-15(25-11-9-17(10-12-25)22(27)28)21-24-19-13-18(23)7-8-20(19)26(21)14-16-5-3-2-4-6-16/h2-8,13,15,17H,9-12,14H2,1H3,(H,27,28). The van der Waals surface area contributed by atoms with Gasteiger partial charge in [-0.2, -0.15) is 0 Å². The zero-order valence-corrected chi connectivity index (χ0v) is 16.6. The number of carbonyl (C=O) groups is 1. The molecule has 0 aliphatic carbocycles. The predicted molar refractivity (Wildman–Crippen MR) is 111 cm³/mol. The summed E-state index contributed by atoms with van der Waals surface area (Å²) in [6.07, 6.45) is 1.37. The molecule has 1 N–H and O–H groups in total. The number of hydrogen-bond donors (Lipinski definition) is 1. The van der Waals surface area contributed by atoms with E-state index in [4.69, 9.17) is 16.6 Å². The van der Waals surface area contributed by atoms with E-state index in [-0.39, 0.29) is 12.0 Å². The van der Waals surface area contributed by atoms with Crippen molar-refractivity contribution in [3.05, 3.63) is 64.9 Å². The summed E-state index contributed by atoms with van der Waals surface area (Å²) in [5.74, 6) is 0.0820. The van der Waals surface area contributed by atoms with E-state index in [2.05, 4.69) is 28.5 Å². The lowest BCUT2D eigenvalue weighted by Crippen LogP contribution is -2.38. The molecule has 2 heterocycles. The van der Waals surface area contributed by atoms with Crippen LogP contribution in [0.1, 0.15) is 37.2 Å². The van der Waals surface area contributed by atoms with Crippen molar-refractivity contribution >= 4 is 28.6 Å². The highest BCUT2D eigenvalue weighted by molar-refractivity contribution is 6.31. The van der Waals surface area contributed by atoms with Gasteiger partial charge in [-0.3, -0.25) is 9.69 Å². The summed E-state index contributed by atoms with van der Waals surface area (Å²) in [7, 11) is 0. The largest absolute Gasteiger partial charge is 0.481 e. The van der Waals surface area contributed by atoms with Gasteiger partial charge in [0, 0.05) is 11.6 Å². The van der Waals surface area contributed by atoms with E-state index in [0.717, 1.165) is 36.5 Å². The van der Waals surface area contributed by atoms with E-state index in [9.17, 15) is 9.90 Å². The monoisotopic (exact) mass is 397 g/mol. The fourth-order valence-electron chi connectivity index (χ4n) is 4.07. The number of nitrogens with zero attached hydrogens (tertiary/aromatic N) is 3. The van der Waals surface area contributed by atoms with E-state index in [0.29, 0.717) is 17.9 Å². The first-order chi connectivity index (χ1) is 13.5. The van der Waals surface area contributed by atoms with Gasteiger partial charge in [0.1, 0.15) is 5.82 Å². The molecule has 5 nitrogen and oxygen atoms in total. The minimum atomic E-state index is -0.682. The molecule has 28 heavy (non-hydrogen) atoms. The summed E-state index contributed by atoms with van der Waals surface area (Å²) in [4.78, 5) is 18.5. The number of carboxylic acid groups (broad SMARTS) is 1. The Morgan fingerprint density at radius 2 is 1.93 bits per heavy atom. The van der Waals surface area contributed by atoms with Crippen LogP contribution < -0.4 is 0 Å². The van der Waals surface area contributed by atoms with Crippen molar-refractivity contribution in [3.63, 3.8) is 0 Å². The van der Waals surface area contributed by atoms with Gasteiger partial charge in [-0.05, 0) is 56.6 Å². The number of imidazole rings is 1. The maximum absolute atomic E-state index is 11.3. The first-order valence-electron chi connectivity index (χ1n) is 9.69. The van der Waals surface area contributed by atoms with Gasteiger partial charge >= 0.3 is 5.97 Å². The van der Waals surface area contributed by atoms with Crippen molar-refractivity contribution in [2.75, 3.05) is 13.1 Å². The number of piperidine rings is 1. The Balaban J connectivity index is 1.67. The Morgan fingerprint density at radius 1 is 1.21 bits per heavy atom. The maximum atomic E-state index is 11.3. The number of likely N-dealkylation sites (tertiary alicyclic amines) is 1. The highest BCUT2D eigenvalue weighted by Crippen LogP contribution is 2.30. The predicted octanol–water partition coefficient (Wildman–Crippen LogP) is 4.60. The molecule has 146 valence electrons. The van der Waals surface area contributed by atoms with Crippen LogP contribution in [0.25, 0.3) is 11.0 Å². The SMILES string of the molecule is CC(c1nc2cc(Cl)ccc2n1Cc1ccccc1)N1CCC(C(=O)O)CC1. The lowest BCUT2D eigenvalue weighted by Gasteiger charge is -2.34. The lowest BCUT2D eigenvalue weighted by atomic mass is 9.96. The molecular weight excluding hydrogens is 374 g/mol. The van der Waals surface area contributed by atoms with Gasteiger partial charge in [0.15, 0.2) is 0 Å². The molecule has 6 heteroatoms. The number of rotatable bonds is 5. The fourth-order valence-corrected chi connectivity index (χ4v) is 4.24. The Bertz CT molecular complexity index is 978. The number of aliphatic carboxylic acids is 1. The molecule has 0 bridgehead atoms. The third-order valence-electron chi connectivity index (χ3n) is 5.72. The summed E-state index contributed by atoms with van der Waals surface area (Å²) >= 11 is 6.20. The van der Waals surface area contributed by atoms with Crippen molar-refractivity contribution in [2.45, 2.75) is 32.4 Å². The van der Waals surface area contributed by atoms with Gasteiger partial charge in [0.2, 0.25) is 0 Å². The van der Waals surface area contributed by atoms with Gasteiger partial charge in [-0.25, -0.2) is 4.98 Å². The number of halogens is 1. The molecule has 0 spiro atoms. The van der Waals surface area contributed by atoms with Gasteiger partial charge in [0.05, 0.1) is 23.0 Å². The number of benzene rings is 2. The second kappa shape index (κ2) is 7.94. The Hall–Kier alpha value is -2.37. The number of hydrogen-bond acceptors (Lipinski definition) is 3. The zero-order valence-electron chi connectivity index (χ0n) is 15.9. The molecule has 0 saturated carbocycles. The number of aromatic nitrogens is 2. The topological polar surface area (TPSA) is 58.4 Å². The van der Waals surface area contributed by atoms with Crippen molar-refractivity contribution in [3.8, 4) is 0 Å². The molecular formula is C22H24ClN3O2. The minimum absolute atomic E-state index is 0.102. The molecule has 2 aromatic carbocycles. The summed E-state index contributed by atoms with van der Waals surface area (Å²) in [5.41, 5.74) is 3.18. The average molecular weight is 398 g/mol. The van der Waals surface area contributed by atoms with Crippen molar-refractivity contribution in [2.24, 2.45) is 5.92 Å². The molecule has 1 aliphatic rings. The van der Waals surface area contributed by atoms with Crippen LogP contribution in [-0.4, -0.2) is 38.6 Å². The minimum Gasteiger partial charge on any atom is -0.481 e. The van der Waals surface area contributed by atoms with Crippen LogP contribution in [0.2, 0.25) is 5.02 Å². The Labute approximate surface area is 169 Å². The van der Waals surface area contributed by atoms with Gasteiger partial charge in [0.25, 0.3) is 0 Å². The molecule has 1 fully saturated rings. The van der Waals surface area contributed by atoms with Crippen LogP contribution in [0.4, 0.5) is 0 Å². The second-order valence-corrected chi connectivity index (χ2v) is 7.94. The number of fused-ring (bicyclic) bond motifs is 1. The number of carboxylic acids is 1. The summed E-state index contributed by atoms with van der Waals surface area (Å²) in [6, 6.07) is 16.3. The molecule has 0 radical (unpaired) electrons. The van der Waals surface area contributed by atoms with E-state index in [1.165, 1.54) is 5.56 Å². The van der Waals surface area contributed by atoms with E-state index in [1.54, 1.807) is 0 Å². The van der Waals surface area contributed by atoms with Crippen LogP contribution in [-0.2, 0) is 11.3 Å². The molecule has 1 atom stereocenters. The molecule has 4 rings (SSSR count). The van der Waals surface area contributed by atoms with Crippen molar-refractivity contribution in [1.82, 2.24) is 14.5 Å². The molecule has 3 aromatic rings. The smallest absolute Gasteiger partial charge is 0.306 e. The lowest BCUT2D eigenvalue weighted by molar-refractivity contribution is -0.143. The normalized spacial score (nSPS) is 17.1. The van der Waals surface area contributed by atoms with Crippen LogP contribution >= 0.6 is 11.6 Å². The third kappa shape index (κ3) is 3.77. The van der Waals surface area contributed by atoms with E-state index >= 15 is 0 Å². The summed E-state index contributed by atoms with van der Waals surface area (Å²) in [5, 5.41) is 9.94. The molecule has 1 aliphatic heterocycles. The van der Waals surface area contributed by atoms with Gasteiger partial charge < -0.3 is 9.67 Å². The first-order valence-corrected chi connectivity index (χ1v) is 10.1. The van der Waals surface area contributed by atoms with E-state index < -0.39 is 5.97 Å². The summed E-state index contributed by atoms with van der Waals surface area (Å²) < 4.78 is 2.26. The molecule has 1 saturated heterocycles. The van der Waals surface area contributed by atoms with Crippen molar-refractivity contribution in [1.29, 1.82) is 0 Å². The molecule has 1 aromatic heterocycles. The van der Waals surface area contributed by atoms with Gasteiger partial charge in [-0.1, -0.05) is 41.9 Å². The highest BCUT2D eigenvalue weighted by atomic mass is 35.5. The Morgan fingerprint density at radius 3 is 2.61 bits per heavy atom. The first kappa shape index (κ1) is 19.0.